The maximum Gasteiger partial charge on any atom is 0.236 e. The van der Waals surface area contributed by atoms with Crippen LogP contribution in [0.1, 0.15) is 50.2 Å². The normalized spacial score (nSPS) is 26.6. The van der Waals surface area contributed by atoms with Crippen LogP contribution in [-0.2, 0) is 15.0 Å². The average molecular weight is 416 g/mol. The zero-order valence-electron chi connectivity index (χ0n) is 16.0. The van der Waals surface area contributed by atoms with Crippen LogP contribution in [0.4, 0.5) is 5.69 Å². The van der Waals surface area contributed by atoms with Crippen LogP contribution in [0.15, 0.2) is 42.5 Å². The molecular formula is C23H23Cl2NO2. The van der Waals surface area contributed by atoms with Crippen LogP contribution in [-0.4, -0.2) is 11.7 Å². The van der Waals surface area contributed by atoms with Crippen molar-refractivity contribution in [1.82, 2.24) is 0 Å². The number of nitrogens with one attached hydrogen (secondary N) is 1. The Morgan fingerprint density at radius 3 is 2.54 bits per heavy atom. The highest BCUT2D eigenvalue weighted by Gasteiger charge is 2.60. The first kappa shape index (κ1) is 19.5. The van der Waals surface area contributed by atoms with Crippen LogP contribution >= 0.6 is 23.2 Å². The molecule has 3 atom stereocenters. The molecule has 1 amide bonds. The molecule has 0 radical (unpaired) electrons. The Hall–Kier alpha value is -1.84. The fourth-order valence-electron chi connectivity index (χ4n) is 5.21. The molecule has 1 saturated carbocycles. The number of carbonyl (C=O) groups excluding carboxylic acids is 2. The SMILES string of the molecule is CC(C)C[C@H]1CC(=O)C[C@@H](c2cccc(Cl)c2)[C@]12C(=O)Nc1cc(Cl)ccc12. The molecular weight excluding hydrogens is 393 g/mol. The van der Waals surface area contributed by atoms with E-state index in [1.165, 1.54) is 0 Å². The van der Waals surface area contributed by atoms with Crippen molar-refractivity contribution in [1.29, 1.82) is 0 Å². The van der Waals surface area contributed by atoms with Gasteiger partial charge in [0.05, 0.1) is 5.41 Å². The van der Waals surface area contributed by atoms with Crippen LogP contribution in [0.2, 0.25) is 10.0 Å². The molecule has 146 valence electrons. The molecule has 0 bridgehead atoms. The van der Waals surface area contributed by atoms with Crippen molar-refractivity contribution in [3.8, 4) is 0 Å². The summed E-state index contributed by atoms with van der Waals surface area (Å²) in [5.41, 5.74) is 1.85. The zero-order chi connectivity index (χ0) is 20.1. The second kappa shape index (κ2) is 7.20. The monoisotopic (exact) mass is 415 g/mol. The van der Waals surface area contributed by atoms with Gasteiger partial charge in [0, 0.05) is 34.5 Å². The van der Waals surface area contributed by atoms with Gasteiger partial charge in [-0.05, 0) is 53.6 Å². The lowest BCUT2D eigenvalue weighted by atomic mass is 9.54. The van der Waals surface area contributed by atoms with Crippen molar-refractivity contribution >= 4 is 40.6 Å². The molecule has 1 aliphatic carbocycles. The predicted molar refractivity (Wildman–Crippen MR) is 113 cm³/mol. The molecule has 1 spiro atoms. The van der Waals surface area contributed by atoms with Crippen molar-refractivity contribution in [2.24, 2.45) is 11.8 Å². The molecule has 5 heteroatoms. The summed E-state index contributed by atoms with van der Waals surface area (Å²) in [5, 5.41) is 4.26. The molecule has 1 N–H and O–H groups in total. The molecule has 3 nitrogen and oxygen atoms in total. The molecule has 2 aliphatic rings. The lowest BCUT2D eigenvalue weighted by Gasteiger charge is -2.46. The van der Waals surface area contributed by atoms with Crippen LogP contribution in [0, 0.1) is 11.8 Å². The predicted octanol–water partition coefficient (Wildman–Crippen LogP) is 5.99. The first-order chi connectivity index (χ1) is 13.3. The second-order valence-corrected chi connectivity index (χ2v) is 9.27. The van der Waals surface area contributed by atoms with Gasteiger partial charge in [0.15, 0.2) is 0 Å². The Morgan fingerprint density at radius 1 is 1.07 bits per heavy atom. The number of anilines is 1. The Balaban J connectivity index is 1.96. The van der Waals surface area contributed by atoms with Crippen molar-refractivity contribution in [2.75, 3.05) is 5.32 Å². The minimum atomic E-state index is -0.789. The summed E-state index contributed by atoms with van der Waals surface area (Å²) in [6.07, 6.45) is 1.56. The third-order valence-corrected chi connectivity index (χ3v) is 6.63. The summed E-state index contributed by atoms with van der Waals surface area (Å²) in [6, 6.07) is 13.2. The first-order valence-electron chi connectivity index (χ1n) is 9.71. The highest BCUT2D eigenvalue weighted by Crippen LogP contribution is 2.58. The van der Waals surface area contributed by atoms with Gasteiger partial charge in [-0.15, -0.1) is 0 Å². The van der Waals surface area contributed by atoms with Crippen LogP contribution < -0.4 is 5.32 Å². The van der Waals surface area contributed by atoms with Gasteiger partial charge in [0.2, 0.25) is 5.91 Å². The van der Waals surface area contributed by atoms with Gasteiger partial charge in [0.25, 0.3) is 0 Å². The Kier molecular flexibility index (Phi) is 5.01. The Labute approximate surface area is 175 Å². The van der Waals surface area contributed by atoms with E-state index in [0.717, 1.165) is 23.2 Å². The highest BCUT2D eigenvalue weighted by molar-refractivity contribution is 6.31. The van der Waals surface area contributed by atoms with Crippen molar-refractivity contribution in [2.45, 2.75) is 44.4 Å². The van der Waals surface area contributed by atoms with Gasteiger partial charge in [0.1, 0.15) is 5.78 Å². The molecule has 2 aromatic rings. The smallest absolute Gasteiger partial charge is 0.236 e. The molecule has 0 unspecified atom stereocenters. The number of benzene rings is 2. The van der Waals surface area contributed by atoms with Crippen molar-refractivity contribution in [3.05, 3.63) is 63.6 Å². The van der Waals surface area contributed by atoms with Crippen LogP contribution in [0.25, 0.3) is 0 Å². The van der Waals surface area contributed by atoms with E-state index in [1.54, 1.807) is 6.07 Å². The molecule has 2 aromatic carbocycles. The lowest BCUT2D eigenvalue weighted by molar-refractivity contribution is -0.131. The number of hydrogen-bond acceptors (Lipinski definition) is 2. The number of halogens is 2. The third kappa shape index (κ3) is 3.05. The van der Waals surface area contributed by atoms with E-state index in [0.29, 0.717) is 28.8 Å². The van der Waals surface area contributed by atoms with Crippen molar-refractivity contribution in [3.63, 3.8) is 0 Å². The van der Waals surface area contributed by atoms with Gasteiger partial charge >= 0.3 is 0 Å². The minimum Gasteiger partial charge on any atom is -0.325 e. The first-order valence-corrected chi connectivity index (χ1v) is 10.5. The van der Waals surface area contributed by atoms with E-state index in [9.17, 15) is 9.59 Å². The third-order valence-electron chi connectivity index (χ3n) is 6.16. The number of amides is 1. The van der Waals surface area contributed by atoms with Gasteiger partial charge in [-0.25, -0.2) is 0 Å². The fraction of sp³-hybridized carbons (Fsp3) is 0.391. The second-order valence-electron chi connectivity index (χ2n) is 8.39. The molecule has 0 saturated heterocycles. The Morgan fingerprint density at radius 2 is 1.82 bits per heavy atom. The lowest BCUT2D eigenvalue weighted by Crippen LogP contribution is -2.51. The zero-order valence-corrected chi connectivity index (χ0v) is 17.5. The van der Waals surface area contributed by atoms with E-state index >= 15 is 0 Å². The highest BCUT2D eigenvalue weighted by atomic mass is 35.5. The summed E-state index contributed by atoms with van der Waals surface area (Å²) in [4.78, 5) is 26.3. The molecule has 1 aliphatic heterocycles. The minimum absolute atomic E-state index is 0.0344. The molecule has 1 heterocycles. The molecule has 1 fully saturated rings. The summed E-state index contributed by atoms with van der Waals surface area (Å²) in [6.45, 7) is 4.27. The van der Waals surface area contributed by atoms with Crippen LogP contribution in [0.3, 0.4) is 0 Å². The number of fused-ring (bicyclic) bond motifs is 2. The Bertz CT molecular complexity index is 955. The van der Waals surface area contributed by atoms with E-state index in [1.807, 2.05) is 36.4 Å². The van der Waals surface area contributed by atoms with Gasteiger partial charge in [-0.1, -0.05) is 55.2 Å². The van der Waals surface area contributed by atoms with E-state index in [-0.39, 0.29) is 23.5 Å². The quantitative estimate of drug-likeness (QED) is 0.668. The summed E-state index contributed by atoms with van der Waals surface area (Å²) in [5.74, 6) is 0.222. The number of carbonyl (C=O) groups is 2. The van der Waals surface area contributed by atoms with Crippen molar-refractivity contribution < 1.29 is 9.59 Å². The molecule has 0 aromatic heterocycles. The summed E-state index contributed by atoms with van der Waals surface area (Å²) >= 11 is 12.5. The van der Waals surface area contributed by atoms with Crippen LogP contribution in [0.5, 0.6) is 0 Å². The number of rotatable bonds is 3. The maximum atomic E-state index is 13.6. The fourth-order valence-corrected chi connectivity index (χ4v) is 5.59. The largest absolute Gasteiger partial charge is 0.325 e. The molecule has 28 heavy (non-hydrogen) atoms. The van der Waals surface area contributed by atoms with E-state index < -0.39 is 5.41 Å². The van der Waals surface area contributed by atoms with Gasteiger partial charge in [-0.3, -0.25) is 9.59 Å². The van der Waals surface area contributed by atoms with E-state index in [2.05, 4.69) is 19.2 Å². The molecule has 4 rings (SSSR count). The van der Waals surface area contributed by atoms with Gasteiger partial charge < -0.3 is 5.32 Å². The average Bonchev–Trinajstić information content (AvgIpc) is 2.89. The van der Waals surface area contributed by atoms with Gasteiger partial charge in [-0.2, -0.15) is 0 Å². The summed E-state index contributed by atoms with van der Waals surface area (Å²) < 4.78 is 0. The maximum absolute atomic E-state index is 13.6. The topological polar surface area (TPSA) is 46.2 Å². The standard InChI is InChI=1S/C23H23Cl2NO2/c1-13(2)8-15-10-18(27)12-20(14-4-3-5-16(24)9-14)23(15)19-7-6-17(25)11-21(19)26-22(23)28/h3-7,9,11,13,15,20H,8,10,12H2,1-2H3,(H,26,28)/t15-,20-,23-/m0/s1. The number of ketones is 1. The summed E-state index contributed by atoms with van der Waals surface area (Å²) in [7, 11) is 0. The van der Waals surface area contributed by atoms with E-state index in [4.69, 9.17) is 23.2 Å². The number of hydrogen-bond donors (Lipinski definition) is 1. The number of Topliss-reactive ketones (excluding diaryl/α,β-unsaturated/α-hetero) is 1.